The SMILES string of the molecule is C[C@@H]1CCCN(c2nc3c(c(=O)[nH]2)[C@@H](C(=O)Nc2cccc(Cl)c2)CC(=O)N3)C1. The number of nitrogens with zero attached hydrogens (tertiary/aromatic N) is 2. The molecule has 0 bridgehead atoms. The van der Waals surface area contributed by atoms with Crippen molar-refractivity contribution in [1.29, 1.82) is 0 Å². The van der Waals surface area contributed by atoms with Gasteiger partial charge in [0.05, 0.1) is 11.5 Å². The van der Waals surface area contributed by atoms with Crippen molar-refractivity contribution in [2.24, 2.45) is 5.92 Å². The Hall–Kier alpha value is -2.87. The Morgan fingerprint density at radius 2 is 2.17 bits per heavy atom. The molecule has 152 valence electrons. The summed E-state index contributed by atoms with van der Waals surface area (Å²) in [5.74, 6) is -0.644. The molecule has 1 aromatic heterocycles. The number of amides is 2. The summed E-state index contributed by atoms with van der Waals surface area (Å²) in [6.07, 6.45) is 2.03. The lowest BCUT2D eigenvalue weighted by Gasteiger charge is -2.32. The lowest BCUT2D eigenvalue weighted by atomic mass is 9.92. The zero-order valence-corrected chi connectivity index (χ0v) is 16.8. The van der Waals surface area contributed by atoms with Gasteiger partial charge in [-0.15, -0.1) is 0 Å². The number of halogens is 1. The number of hydrogen-bond acceptors (Lipinski definition) is 5. The summed E-state index contributed by atoms with van der Waals surface area (Å²) in [5.41, 5.74) is 0.269. The van der Waals surface area contributed by atoms with Gasteiger partial charge in [-0.05, 0) is 37.0 Å². The van der Waals surface area contributed by atoms with E-state index >= 15 is 0 Å². The first kappa shape index (κ1) is 19.4. The molecule has 1 aromatic carbocycles. The molecule has 0 radical (unpaired) electrons. The largest absolute Gasteiger partial charge is 0.342 e. The first-order chi connectivity index (χ1) is 13.9. The van der Waals surface area contributed by atoms with Crippen molar-refractivity contribution in [3.63, 3.8) is 0 Å². The van der Waals surface area contributed by atoms with Crippen LogP contribution in [0.4, 0.5) is 17.5 Å². The van der Waals surface area contributed by atoms with E-state index in [-0.39, 0.29) is 23.7 Å². The molecule has 4 rings (SSSR count). The van der Waals surface area contributed by atoms with Crippen LogP contribution in [0, 0.1) is 5.92 Å². The number of hydrogen-bond donors (Lipinski definition) is 3. The number of aromatic nitrogens is 2. The fourth-order valence-corrected chi connectivity index (χ4v) is 4.10. The molecule has 0 spiro atoms. The predicted molar refractivity (Wildman–Crippen MR) is 112 cm³/mol. The van der Waals surface area contributed by atoms with Crippen LogP contribution in [0.1, 0.15) is 37.7 Å². The highest BCUT2D eigenvalue weighted by Crippen LogP contribution is 2.31. The van der Waals surface area contributed by atoms with E-state index in [4.69, 9.17) is 11.6 Å². The van der Waals surface area contributed by atoms with Gasteiger partial charge >= 0.3 is 0 Å². The Morgan fingerprint density at radius 1 is 1.34 bits per heavy atom. The summed E-state index contributed by atoms with van der Waals surface area (Å²) in [6.45, 7) is 3.73. The van der Waals surface area contributed by atoms with Crippen LogP contribution in [0.2, 0.25) is 5.02 Å². The van der Waals surface area contributed by atoms with Gasteiger partial charge in [-0.1, -0.05) is 24.6 Å². The third kappa shape index (κ3) is 4.12. The van der Waals surface area contributed by atoms with E-state index < -0.39 is 17.4 Å². The third-order valence-corrected chi connectivity index (χ3v) is 5.54. The minimum Gasteiger partial charge on any atom is -0.342 e. The van der Waals surface area contributed by atoms with Gasteiger partial charge in [-0.25, -0.2) is 0 Å². The maximum atomic E-state index is 12.9. The fourth-order valence-electron chi connectivity index (χ4n) is 3.91. The maximum absolute atomic E-state index is 12.9. The van der Waals surface area contributed by atoms with E-state index in [9.17, 15) is 14.4 Å². The van der Waals surface area contributed by atoms with Crippen LogP contribution >= 0.6 is 11.6 Å². The first-order valence-electron chi connectivity index (χ1n) is 9.66. The summed E-state index contributed by atoms with van der Waals surface area (Å²) < 4.78 is 0. The van der Waals surface area contributed by atoms with Gasteiger partial charge in [0.25, 0.3) is 5.56 Å². The molecule has 3 heterocycles. The van der Waals surface area contributed by atoms with Gasteiger partial charge in [-0.3, -0.25) is 19.4 Å². The molecule has 2 atom stereocenters. The summed E-state index contributed by atoms with van der Waals surface area (Å²) in [6, 6.07) is 6.70. The van der Waals surface area contributed by atoms with Crippen molar-refractivity contribution >= 4 is 40.9 Å². The quantitative estimate of drug-likeness (QED) is 0.714. The number of carbonyl (C=O) groups excluding carboxylic acids is 2. The normalized spacial score (nSPS) is 21.3. The van der Waals surface area contributed by atoms with E-state index in [0.29, 0.717) is 22.6 Å². The number of piperidine rings is 1. The number of rotatable bonds is 3. The summed E-state index contributed by atoms with van der Waals surface area (Å²) in [5, 5.41) is 5.86. The van der Waals surface area contributed by atoms with Crippen molar-refractivity contribution < 1.29 is 9.59 Å². The minimum absolute atomic E-state index is 0.121. The zero-order valence-electron chi connectivity index (χ0n) is 16.0. The van der Waals surface area contributed by atoms with Crippen LogP contribution < -0.4 is 21.1 Å². The molecule has 2 aliphatic rings. The van der Waals surface area contributed by atoms with E-state index in [2.05, 4.69) is 27.5 Å². The van der Waals surface area contributed by atoms with Crippen LogP contribution in [-0.4, -0.2) is 34.9 Å². The molecule has 1 fully saturated rings. The van der Waals surface area contributed by atoms with Crippen molar-refractivity contribution in [2.45, 2.75) is 32.1 Å². The lowest BCUT2D eigenvalue weighted by Crippen LogP contribution is -2.40. The molecule has 1 saturated heterocycles. The van der Waals surface area contributed by atoms with Crippen LogP contribution in [0.15, 0.2) is 29.1 Å². The Morgan fingerprint density at radius 3 is 2.93 bits per heavy atom. The van der Waals surface area contributed by atoms with Gasteiger partial charge in [0, 0.05) is 30.2 Å². The van der Waals surface area contributed by atoms with Gasteiger partial charge in [0.15, 0.2) is 0 Å². The molecule has 0 unspecified atom stereocenters. The maximum Gasteiger partial charge on any atom is 0.258 e. The zero-order chi connectivity index (χ0) is 20.5. The monoisotopic (exact) mass is 415 g/mol. The molecule has 3 N–H and O–H groups in total. The Bertz CT molecular complexity index is 1020. The molecule has 8 nitrogen and oxygen atoms in total. The Kier molecular flexibility index (Phi) is 5.27. The van der Waals surface area contributed by atoms with Crippen molar-refractivity contribution in [3.05, 3.63) is 45.2 Å². The Balaban J connectivity index is 1.65. The van der Waals surface area contributed by atoms with Crippen molar-refractivity contribution in [3.8, 4) is 0 Å². The molecule has 2 aromatic rings. The fraction of sp³-hybridized carbons (Fsp3) is 0.400. The van der Waals surface area contributed by atoms with Gasteiger partial charge < -0.3 is 15.5 Å². The van der Waals surface area contributed by atoms with E-state index in [1.807, 2.05) is 4.90 Å². The first-order valence-corrected chi connectivity index (χ1v) is 10.0. The smallest absolute Gasteiger partial charge is 0.258 e. The molecule has 29 heavy (non-hydrogen) atoms. The topological polar surface area (TPSA) is 107 Å². The number of benzene rings is 1. The summed E-state index contributed by atoms with van der Waals surface area (Å²) in [7, 11) is 0. The summed E-state index contributed by atoms with van der Waals surface area (Å²) in [4.78, 5) is 47.2. The van der Waals surface area contributed by atoms with Crippen molar-refractivity contribution in [2.75, 3.05) is 28.6 Å². The van der Waals surface area contributed by atoms with Gasteiger partial charge in [-0.2, -0.15) is 4.98 Å². The molecule has 2 amide bonds. The number of fused-ring (bicyclic) bond motifs is 1. The van der Waals surface area contributed by atoms with Crippen molar-refractivity contribution in [1.82, 2.24) is 9.97 Å². The highest BCUT2D eigenvalue weighted by molar-refractivity contribution is 6.30. The van der Waals surface area contributed by atoms with E-state index in [0.717, 1.165) is 25.9 Å². The molecular formula is C20H22ClN5O3. The van der Waals surface area contributed by atoms with Gasteiger partial charge in [0.2, 0.25) is 17.8 Å². The highest BCUT2D eigenvalue weighted by atomic mass is 35.5. The second-order valence-corrected chi connectivity index (χ2v) is 8.09. The molecule has 2 aliphatic heterocycles. The standard InChI is InChI=1S/C20H22ClN5O3/c1-11-4-3-7-26(10-11)20-24-17-16(19(29)25-20)14(9-15(27)23-17)18(28)22-13-6-2-5-12(21)8-13/h2,5-6,8,11,14H,3-4,7,9-10H2,1H3,(H,22,28)(H2,23,24,25,27,29)/t11-,14+/m1/s1. The van der Waals surface area contributed by atoms with Gasteiger partial charge in [0.1, 0.15) is 5.82 Å². The Labute approximate surface area is 172 Å². The van der Waals surface area contributed by atoms with E-state index in [1.165, 1.54) is 0 Å². The van der Waals surface area contributed by atoms with Crippen LogP contribution in [0.5, 0.6) is 0 Å². The lowest BCUT2D eigenvalue weighted by molar-refractivity contribution is -0.123. The number of carbonyl (C=O) groups is 2. The molecule has 9 heteroatoms. The molecule has 0 saturated carbocycles. The third-order valence-electron chi connectivity index (χ3n) is 5.30. The van der Waals surface area contributed by atoms with E-state index in [1.54, 1.807) is 24.3 Å². The number of anilines is 3. The molecule has 0 aliphatic carbocycles. The molecular weight excluding hydrogens is 394 g/mol. The second-order valence-electron chi connectivity index (χ2n) is 7.65. The number of H-pyrrole nitrogens is 1. The highest BCUT2D eigenvalue weighted by Gasteiger charge is 2.35. The number of nitrogens with one attached hydrogen (secondary N) is 3. The number of aromatic amines is 1. The average molecular weight is 416 g/mol. The summed E-state index contributed by atoms with van der Waals surface area (Å²) >= 11 is 5.96. The predicted octanol–water partition coefficient (Wildman–Crippen LogP) is 2.72. The average Bonchev–Trinajstić information content (AvgIpc) is 2.67. The second kappa shape index (κ2) is 7.87. The van der Waals surface area contributed by atoms with Crippen LogP contribution in [0.25, 0.3) is 0 Å². The minimum atomic E-state index is -0.927. The van der Waals surface area contributed by atoms with Crippen LogP contribution in [-0.2, 0) is 9.59 Å². The van der Waals surface area contributed by atoms with Crippen LogP contribution in [0.3, 0.4) is 0 Å².